The molecule has 2 aromatic carbocycles. The maximum absolute atomic E-state index is 13.1. The second-order valence-electron chi connectivity index (χ2n) is 9.87. The third-order valence-electron chi connectivity index (χ3n) is 7.14. The van der Waals surface area contributed by atoms with Crippen molar-refractivity contribution in [3.8, 4) is 5.75 Å². The van der Waals surface area contributed by atoms with Crippen molar-refractivity contribution >= 4 is 29.5 Å². The monoisotopic (exact) mass is 509 g/mol. The van der Waals surface area contributed by atoms with Gasteiger partial charge in [-0.3, -0.25) is 4.79 Å². The summed E-state index contributed by atoms with van der Waals surface area (Å²) in [5, 5.41) is 40.7. The highest BCUT2D eigenvalue weighted by Gasteiger charge is 2.28. The lowest BCUT2D eigenvalue weighted by atomic mass is 9.73. The number of benzene rings is 2. The molecule has 37 heavy (non-hydrogen) atoms. The number of allylic oxidation sites excluding steroid dienone is 1. The molecule has 1 fully saturated rings. The van der Waals surface area contributed by atoms with Gasteiger partial charge in [0.1, 0.15) is 11.3 Å². The van der Waals surface area contributed by atoms with Crippen LogP contribution < -0.4 is 5.32 Å². The van der Waals surface area contributed by atoms with Crippen LogP contribution in [0.25, 0.3) is 0 Å². The zero-order valence-corrected chi connectivity index (χ0v) is 20.6. The lowest BCUT2D eigenvalue weighted by Crippen LogP contribution is -2.20. The van der Waals surface area contributed by atoms with Gasteiger partial charge in [0.2, 0.25) is 0 Å². The largest absolute Gasteiger partial charge is 0.507 e. The molecule has 0 atom stereocenters. The molecule has 9 heteroatoms. The predicted molar refractivity (Wildman–Crippen MR) is 137 cm³/mol. The first-order valence-corrected chi connectivity index (χ1v) is 12.1. The van der Waals surface area contributed by atoms with Crippen LogP contribution in [0.15, 0.2) is 43.0 Å². The first-order chi connectivity index (χ1) is 17.5. The van der Waals surface area contributed by atoms with Crippen LogP contribution in [0.4, 0.5) is 5.69 Å². The minimum atomic E-state index is -1.55. The smallest absolute Gasteiger partial charge is 0.339 e. The second-order valence-corrected chi connectivity index (χ2v) is 9.87. The summed E-state index contributed by atoms with van der Waals surface area (Å²) in [6, 6.07) is 6.18. The van der Waals surface area contributed by atoms with Gasteiger partial charge in [0, 0.05) is 0 Å². The number of hydrogen-bond donors (Lipinski definition) is 5. The van der Waals surface area contributed by atoms with Crippen LogP contribution in [0, 0.1) is 5.41 Å². The molecule has 0 aliphatic heterocycles. The van der Waals surface area contributed by atoms with Gasteiger partial charge in [0.15, 0.2) is 0 Å². The molecule has 0 heterocycles. The van der Waals surface area contributed by atoms with Crippen molar-refractivity contribution in [1.82, 2.24) is 0 Å². The SMILES string of the molecule is C=CCC1(C)CCCC(c2ccc(C(=O)O)c(NC(=O)c3cc(C(=O)O)c(O)cc3C(=O)O)c2)CCC1. The molecule has 0 unspecified atom stereocenters. The first kappa shape index (κ1) is 27.4. The number of amides is 1. The van der Waals surface area contributed by atoms with Crippen molar-refractivity contribution < 1.29 is 39.6 Å². The summed E-state index contributed by atoms with van der Waals surface area (Å²) in [5.41, 5.74) is -0.902. The van der Waals surface area contributed by atoms with Gasteiger partial charge in [-0.25, -0.2) is 14.4 Å². The highest BCUT2D eigenvalue weighted by Crippen LogP contribution is 2.41. The highest BCUT2D eigenvalue weighted by atomic mass is 16.4. The molecule has 0 radical (unpaired) electrons. The Morgan fingerprint density at radius 2 is 1.51 bits per heavy atom. The Labute approximate surface area is 214 Å². The molecule has 1 amide bonds. The number of aromatic hydroxyl groups is 1. The number of anilines is 1. The van der Waals surface area contributed by atoms with E-state index in [0.717, 1.165) is 56.6 Å². The van der Waals surface area contributed by atoms with Crippen molar-refractivity contribution in [3.63, 3.8) is 0 Å². The standard InChI is InChI=1S/C28H31NO8/c1-3-10-28(2)11-4-6-16(7-5-12-28)17-8-9-18(25(32)33)22(13-17)29-24(31)19-14-21(27(36)37)23(30)15-20(19)26(34)35/h3,8-9,13-16,30H,1,4-7,10-12H2,2H3,(H,29,31)(H,32,33)(H,34,35)(H,36,37). The Bertz CT molecular complexity index is 1240. The molecule has 9 nitrogen and oxygen atoms in total. The number of carbonyl (C=O) groups is 4. The Morgan fingerprint density at radius 1 is 0.919 bits per heavy atom. The molecule has 3 rings (SSSR count). The predicted octanol–water partition coefficient (Wildman–Crippen LogP) is 5.76. The Morgan fingerprint density at radius 3 is 2.05 bits per heavy atom. The number of carbonyl (C=O) groups excluding carboxylic acids is 1. The fourth-order valence-electron chi connectivity index (χ4n) is 5.13. The van der Waals surface area contributed by atoms with Gasteiger partial charge < -0.3 is 25.7 Å². The molecule has 0 saturated heterocycles. The van der Waals surface area contributed by atoms with Crippen LogP contribution in [0.1, 0.15) is 105 Å². The average molecular weight is 510 g/mol. The third kappa shape index (κ3) is 6.35. The number of carboxylic acids is 3. The summed E-state index contributed by atoms with van der Waals surface area (Å²) >= 11 is 0. The number of aromatic carboxylic acids is 3. The van der Waals surface area contributed by atoms with Crippen LogP contribution in [0.2, 0.25) is 0 Å². The number of phenols is 1. The highest BCUT2D eigenvalue weighted by molar-refractivity contribution is 6.13. The van der Waals surface area contributed by atoms with Gasteiger partial charge in [-0.1, -0.05) is 31.9 Å². The van der Waals surface area contributed by atoms with Gasteiger partial charge in [-0.05, 0) is 73.3 Å². The van der Waals surface area contributed by atoms with Crippen molar-refractivity contribution in [2.45, 2.75) is 57.8 Å². The maximum Gasteiger partial charge on any atom is 0.339 e. The summed E-state index contributed by atoms with van der Waals surface area (Å²) < 4.78 is 0. The summed E-state index contributed by atoms with van der Waals surface area (Å²) in [6.45, 7) is 6.14. The van der Waals surface area contributed by atoms with E-state index in [1.807, 2.05) is 6.08 Å². The molecule has 1 aliphatic rings. The number of nitrogens with one attached hydrogen (secondary N) is 1. The van der Waals surface area contributed by atoms with Crippen molar-refractivity contribution in [2.75, 3.05) is 5.32 Å². The van der Waals surface area contributed by atoms with Crippen LogP contribution in [-0.2, 0) is 0 Å². The van der Waals surface area contributed by atoms with E-state index >= 15 is 0 Å². The molecule has 0 spiro atoms. The first-order valence-electron chi connectivity index (χ1n) is 12.1. The van der Waals surface area contributed by atoms with E-state index in [0.29, 0.717) is 6.07 Å². The fraction of sp³-hybridized carbons (Fsp3) is 0.357. The maximum atomic E-state index is 13.1. The topological polar surface area (TPSA) is 161 Å². The average Bonchev–Trinajstić information content (AvgIpc) is 2.81. The molecule has 1 aliphatic carbocycles. The van der Waals surface area contributed by atoms with Gasteiger partial charge in [-0.15, -0.1) is 6.58 Å². The van der Waals surface area contributed by atoms with Crippen LogP contribution in [0.5, 0.6) is 5.75 Å². The van der Waals surface area contributed by atoms with Crippen LogP contribution in [-0.4, -0.2) is 44.2 Å². The van der Waals surface area contributed by atoms with E-state index < -0.39 is 46.3 Å². The zero-order chi connectivity index (χ0) is 27.3. The van der Waals surface area contributed by atoms with E-state index in [2.05, 4.69) is 18.8 Å². The third-order valence-corrected chi connectivity index (χ3v) is 7.14. The summed E-state index contributed by atoms with van der Waals surface area (Å²) in [4.78, 5) is 48.0. The van der Waals surface area contributed by atoms with E-state index in [-0.39, 0.29) is 22.6 Å². The molecule has 196 valence electrons. The van der Waals surface area contributed by atoms with E-state index in [1.54, 1.807) is 12.1 Å². The van der Waals surface area contributed by atoms with Gasteiger partial charge in [-0.2, -0.15) is 0 Å². The molecule has 5 N–H and O–H groups in total. The lowest BCUT2D eigenvalue weighted by molar-refractivity contribution is 0.0676. The van der Waals surface area contributed by atoms with E-state index in [9.17, 15) is 39.6 Å². The summed E-state index contributed by atoms with van der Waals surface area (Å²) in [7, 11) is 0. The second kappa shape index (κ2) is 11.3. The van der Waals surface area contributed by atoms with Crippen molar-refractivity contribution in [1.29, 1.82) is 0 Å². The number of rotatable bonds is 8. The zero-order valence-electron chi connectivity index (χ0n) is 20.6. The van der Waals surface area contributed by atoms with Gasteiger partial charge in [0.25, 0.3) is 5.91 Å². The van der Waals surface area contributed by atoms with E-state index in [1.165, 1.54) is 6.07 Å². The van der Waals surface area contributed by atoms with Crippen LogP contribution >= 0.6 is 0 Å². The Balaban J connectivity index is 1.93. The summed E-state index contributed by atoms with van der Waals surface area (Å²) in [6.07, 6.45) is 8.80. The molecule has 0 bridgehead atoms. The van der Waals surface area contributed by atoms with E-state index in [4.69, 9.17) is 0 Å². The fourth-order valence-corrected chi connectivity index (χ4v) is 5.13. The van der Waals surface area contributed by atoms with Gasteiger partial charge in [0.05, 0.1) is 22.4 Å². The minimum absolute atomic E-state index is 0.0187. The Hall–Kier alpha value is -4.14. The van der Waals surface area contributed by atoms with Crippen molar-refractivity contribution in [3.05, 3.63) is 70.8 Å². The molecular weight excluding hydrogens is 478 g/mol. The molecule has 0 aromatic heterocycles. The Kier molecular flexibility index (Phi) is 8.37. The number of carboxylic acid groups (broad SMARTS) is 3. The minimum Gasteiger partial charge on any atom is -0.507 e. The van der Waals surface area contributed by atoms with Gasteiger partial charge >= 0.3 is 17.9 Å². The lowest BCUT2D eigenvalue weighted by Gasteiger charge is -2.33. The summed E-state index contributed by atoms with van der Waals surface area (Å²) in [5.74, 6) is -6.03. The van der Waals surface area contributed by atoms with Crippen molar-refractivity contribution in [2.24, 2.45) is 5.41 Å². The quantitative estimate of drug-likeness (QED) is 0.281. The van der Waals surface area contributed by atoms with Crippen LogP contribution in [0.3, 0.4) is 0 Å². The molecule has 1 saturated carbocycles. The normalized spacial score (nSPS) is 19.8. The molecule has 2 aromatic rings. The number of hydrogen-bond acceptors (Lipinski definition) is 5. The molecular formula is C28H31NO8.